The summed E-state index contributed by atoms with van der Waals surface area (Å²) < 4.78 is 10.4. The molecule has 0 aromatic rings. The van der Waals surface area contributed by atoms with Gasteiger partial charge in [-0.25, -0.2) is 0 Å². The van der Waals surface area contributed by atoms with Crippen LogP contribution in [0, 0.1) is 17.8 Å². The predicted octanol–water partition coefficient (Wildman–Crippen LogP) is 3.54. The molecule has 0 aromatic carbocycles. The van der Waals surface area contributed by atoms with E-state index in [9.17, 15) is 14.7 Å². The van der Waals surface area contributed by atoms with Crippen LogP contribution in [0.25, 0.3) is 0 Å². The van der Waals surface area contributed by atoms with Crippen molar-refractivity contribution in [3.05, 3.63) is 24.3 Å². The first kappa shape index (κ1) is 24.6. The summed E-state index contributed by atoms with van der Waals surface area (Å²) in [4.78, 5) is 22.7. The summed E-state index contributed by atoms with van der Waals surface area (Å²) in [7, 11) is 1.30. The number of carbonyl (C=O) groups excluding carboxylic acids is 2. The number of carbonyl (C=O) groups is 2. The Kier molecular flexibility index (Phi) is 11.2. The Morgan fingerprint density at radius 1 is 1.27 bits per heavy atom. The zero-order valence-corrected chi connectivity index (χ0v) is 18.6. The molecule has 0 radical (unpaired) electrons. The number of methoxy groups -OCH3 is 1. The van der Waals surface area contributed by atoms with E-state index in [0.29, 0.717) is 30.3 Å². The SMILES string of the molecule is CCCCC[C@@H](O)/C=C/[C@@H]1[C@H](C/C=C\CCCC(=O)NCC(=O)OC)[C@@H]2CO[C@@H]1C2. The number of ether oxygens (including phenoxy) is 2. The molecule has 170 valence electrons. The molecule has 1 saturated heterocycles. The van der Waals surface area contributed by atoms with Crippen molar-refractivity contribution >= 4 is 11.9 Å². The first-order valence-electron chi connectivity index (χ1n) is 11.5. The van der Waals surface area contributed by atoms with Gasteiger partial charge in [-0.15, -0.1) is 0 Å². The molecule has 5 atom stereocenters. The van der Waals surface area contributed by atoms with Gasteiger partial charge in [-0.05, 0) is 43.9 Å². The Labute approximate surface area is 181 Å². The molecule has 2 rings (SSSR count). The highest BCUT2D eigenvalue weighted by molar-refractivity contribution is 5.81. The fourth-order valence-corrected chi connectivity index (χ4v) is 4.49. The number of nitrogens with one attached hydrogen (secondary N) is 1. The third-order valence-electron chi connectivity index (χ3n) is 6.25. The molecule has 1 heterocycles. The maximum absolute atomic E-state index is 11.7. The molecular formula is C24H39NO5. The molecule has 0 unspecified atom stereocenters. The Balaban J connectivity index is 1.68. The van der Waals surface area contributed by atoms with Crippen LogP contribution in [0.2, 0.25) is 0 Å². The molecule has 30 heavy (non-hydrogen) atoms. The molecule has 2 fully saturated rings. The first-order chi connectivity index (χ1) is 14.5. The summed E-state index contributed by atoms with van der Waals surface area (Å²) in [5.41, 5.74) is 0. The van der Waals surface area contributed by atoms with Gasteiger partial charge in [0, 0.05) is 12.3 Å². The van der Waals surface area contributed by atoms with E-state index in [4.69, 9.17) is 4.74 Å². The van der Waals surface area contributed by atoms with Crippen LogP contribution >= 0.6 is 0 Å². The summed E-state index contributed by atoms with van der Waals surface area (Å²) in [5.74, 6) is 1.01. The Hall–Kier alpha value is -1.66. The summed E-state index contributed by atoms with van der Waals surface area (Å²) in [6.45, 7) is 2.96. The number of amides is 1. The van der Waals surface area contributed by atoms with Crippen molar-refractivity contribution in [2.24, 2.45) is 17.8 Å². The number of aliphatic hydroxyl groups is 1. The van der Waals surface area contributed by atoms with E-state index < -0.39 is 5.97 Å². The van der Waals surface area contributed by atoms with Gasteiger partial charge in [0.05, 0.1) is 25.9 Å². The van der Waals surface area contributed by atoms with E-state index in [-0.39, 0.29) is 18.6 Å². The largest absolute Gasteiger partial charge is 0.468 e. The average molecular weight is 422 g/mol. The van der Waals surface area contributed by atoms with Gasteiger partial charge >= 0.3 is 5.97 Å². The highest BCUT2D eigenvalue weighted by Gasteiger charge is 2.46. The molecule has 2 bridgehead atoms. The quantitative estimate of drug-likeness (QED) is 0.255. The minimum Gasteiger partial charge on any atom is -0.468 e. The number of rotatable bonds is 14. The highest BCUT2D eigenvalue weighted by Crippen LogP contribution is 2.47. The first-order valence-corrected chi connectivity index (χ1v) is 11.5. The van der Waals surface area contributed by atoms with Gasteiger partial charge in [-0.2, -0.15) is 0 Å². The minimum atomic E-state index is -0.435. The molecule has 1 aliphatic carbocycles. The van der Waals surface area contributed by atoms with Crippen molar-refractivity contribution in [3.8, 4) is 0 Å². The van der Waals surface area contributed by atoms with Crippen LogP contribution < -0.4 is 5.32 Å². The van der Waals surface area contributed by atoms with E-state index in [1.165, 1.54) is 20.0 Å². The Bertz CT molecular complexity index is 588. The van der Waals surface area contributed by atoms with Crippen LogP contribution in [0.5, 0.6) is 0 Å². The summed E-state index contributed by atoms with van der Waals surface area (Å²) in [5, 5.41) is 12.7. The van der Waals surface area contributed by atoms with Crippen molar-refractivity contribution in [3.63, 3.8) is 0 Å². The normalized spacial score (nSPS) is 26.5. The molecule has 1 aliphatic heterocycles. The van der Waals surface area contributed by atoms with Gasteiger partial charge in [0.25, 0.3) is 0 Å². The molecule has 1 saturated carbocycles. The lowest BCUT2D eigenvalue weighted by atomic mass is 9.84. The number of allylic oxidation sites excluding steroid dienone is 2. The highest BCUT2D eigenvalue weighted by atomic mass is 16.5. The topological polar surface area (TPSA) is 84.9 Å². The average Bonchev–Trinajstić information content (AvgIpc) is 3.35. The van der Waals surface area contributed by atoms with Crippen molar-refractivity contribution in [2.75, 3.05) is 20.3 Å². The second-order valence-electron chi connectivity index (χ2n) is 8.51. The fourth-order valence-electron chi connectivity index (χ4n) is 4.49. The number of hydrogen-bond donors (Lipinski definition) is 2. The van der Waals surface area contributed by atoms with Crippen LogP contribution in [-0.2, 0) is 19.1 Å². The molecule has 2 N–H and O–H groups in total. The third kappa shape index (κ3) is 8.23. The van der Waals surface area contributed by atoms with Gasteiger partial charge in [0.1, 0.15) is 6.54 Å². The van der Waals surface area contributed by atoms with E-state index in [1.54, 1.807) is 0 Å². The molecule has 0 aromatic heterocycles. The summed E-state index contributed by atoms with van der Waals surface area (Å²) >= 11 is 0. The molecule has 6 heteroatoms. The lowest BCUT2D eigenvalue weighted by Gasteiger charge is -2.28. The zero-order valence-electron chi connectivity index (χ0n) is 18.6. The van der Waals surface area contributed by atoms with Crippen LogP contribution in [0.4, 0.5) is 0 Å². The van der Waals surface area contributed by atoms with Crippen LogP contribution in [0.15, 0.2) is 24.3 Å². The monoisotopic (exact) mass is 421 g/mol. The van der Waals surface area contributed by atoms with Crippen molar-refractivity contribution in [1.82, 2.24) is 5.32 Å². The third-order valence-corrected chi connectivity index (χ3v) is 6.25. The number of esters is 1. The second kappa shape index (κ2) is 13.6. The van der Waals surface area contributed by atoms with Crippen molar-refractivity contribution in [2.45, 2.75) is 76.9 Å². The van der Waals surface area contributed by atoms with E-state index >= 15 is 0 Å². The lowest BCUT2D eigenvalue weighted by Crippen LogP contribution is -2.29. The lowest BCUT2D eigenvalue weighted by molar-refractivity contribution is -0.141. The molecule has 6 nitrogen and oxygen atoms in total. The smallest absolute Gasteiger partial charge is 0.325 e. The summed E-state index contributed by atoms with van der Waals surface area (Å²) in [6.07, 6.45) is 16.9. The Morgan fingerprint density at radius 2 is 2.10 bits per heavy atom. The van der Waals surface area contributed by atoms with Gasteiger partial charge in [-0.1, -0.05) is 50.5 Å². The standard InChI is InChI=1S/C24H39NO5/c1-3-4-7-10-19(26)13-14-21-20(18-15-22(21)30-17-18)11-8-5-6-9-12-23(27)25-16-24(28)29-2/h5,8,13-14,18-22,26H,3-4,6-7,9-12,15-17H2,1-2H3,(H,25,27)/b8-5-,14-13+/t18-,19+,20+,21+,22+/m0/s1. The van der Waals surface area contributed by atoms with Gasteiger partial charge < -0.3 is 19.9 Å². The maximum Gasteiger partial charge on any atom is 0.325 e. The minimum absolute atomic E-state index is 0.0698. The van der Waals surface area contributed by atoms with E-state index in [1.807, 2.05) is 6.08 Å². The van der Waals surface area contributed by atoms with Crippen LogP contribution in [0.1, 0.15) is 64.7 Å². The maximum atomic E-state index is 11.7. The molecule has 1 amide bonds. The van der Waals surface area contributed by atoms with E-state index in [0.717, 1.165) is 45.1 Å². The number of fused-ring (bicyclic) bond motifs is 2. The molecule has 2 aliphatic rings. The van der Waals surface area contributed by atoms with E-state index in [2.05, 4.69) is 35.2 Å². The second-order valence-corrected chi connectivity index (χ2v) is 8.51. The van der Waals surface area contributed by atoms with Crippen LogP contribution in [0.3, 0.4) is 0 Å². The number of aliphatic hydroxyl groups excluding tert-OH is 1. The number of hydrogen-bond acceptors (Lipinski definition) is 5. The van der Waals surface area contributed by atoms with Crippen LogP contribution in [-0.4, -0.2) is 49.5 Å². The molecular weight excluding hydrogens is 382 g/mol. The van der Waals surface area contributed by atoms with Crippen molar-refractivity contribution in [1.29, 1.82) is 0 Å². The van der Waals surface area contributed by atoms with Gasteiger partial charge in [0.2, 0.25) is 5.91 Å². The predicted molar refractivity (Wildman–Crippen MR) is 117 cm³/mol. The molecule has 0 spiro atoms. The van der Waals surface area contributed by atoms with Gasteiger partial charge in [0.15, 0.2) is 0 Å². The van der Waals surface area contributed by atoms with Gasteiger partial charge in [-0.3, -0.25) is 9.59 Å². The Morgan fingerprint density at radius 3 is 2.87 bits per heavy atom. The fraction of sp³-hybridized carbons (Fsp3) is 0.750. The zero-order chi connectivity index (χ0) is 21.8. The van der Waals surface area contributed by atoms with Crippen molar-refractivity contribution < 1.29 is 24.2 Å². The number of unbranched alkanes of at least 4 members (excludes halogenated alkanes) is 3. The summed E-state index contributed by atoms with van der Waals surface area (Å²) in [6, 6.07) is 0.